The van der Waals surface area contributed by atoms with Crippen LogP contribution in [0.15, 0.2) is 36.8 Å². The Hall–Kier alpha value is -3.99. The fraction of sp³-hybridized carbons (Fsp3) is 0.273. The van der Waals surface area contributed by atoms with Crippen molar-refractivity contribution in [1.29, 1.82) is 0 Å². The molecule has 3 atom stereocenters. The summed E-state index contributed by atoms with van der Waals surface area (Å²) in [7, 11) is 1.76. The zero-order valence-electron chi connectivity index (χ0n) is 17.7. The Morgan fingerprint density at radius 1 is 1.24 bits per heavy atom. The average Bonchev–Trinajstić information content (AvgIpc) is 3.29. The number of fused-ring (bicyclic) bond motifs is 5. The van der Waals surface area contributed by atoms with Crippen LogP contribution in [0.3, 0.4) is 0 Å². The first-order valence-electron chi connectivity index (χ1n) is 10.8. The molecule has 4 aromatic heterocycles. The first-order chi connectivity index (χ1) is 16.1. The Morgan fingerprint density at radius 3 is 2.91 bits per heavy atom. The molecule has 2 aliphatic rings. The molecule has 1 saturated heterocycles. The van der Waals surface area contributed by atoms with Crippen LogP contribution in [-0.4, -0.2) is 55.7 Å². The highest BCUT2D eigenvalue weighted by atomic mass is 19.1. The number of piperidine rings is 1. The van der Waals surface area contributed by atoms with Crippen LogP contribution in [0.2, 0.25) is 0 Å². The van der Waals surface area contributed by atoms with E-state index in [1.165, 1.54) is 12.1 Å². The summed E-state index contributed by atoms with van der Waals surface area (Å²) in [4.78, 5) is 19.2. The van der Waals surface area contributed by atoms with Crippen LogP contribution in [-0.2, 0) is 0 Å². The minimum Gasteiger partial charge on any atom is -0.421 e. The van der Waals surface area contributed by atoms with Gasteiger partial charge in [0, 0.05) is 37.6 Å². The molecule has 0 amide bonds. The molecule has 33 heavy (non-hydrogen) atoms. The molecule has 1 aliphatic heterocycles. The van der Waals surface area contributed by atoms with E-state index >= 15 is 0 Å². The van der Waals surface area contributed by atoms with Crippen LogP contribution in [0.5, 0.6) is 11.8 Å². The standard InChI is InChI=1S/C22H20FN9O/c1-25-15-5-10(23)4-12-17-20(28-19(12)15)29-22(30-21(17)31-8-13-14(9-31)18(13)24)33-11-6-26-16-2-3-27-32(16)7-11/h2-7,13-14,18,25H,8-9,24H2,1H3,(H,28,29,30)/t13-,14+,18-. The molecular weight excluding hydrogens is 425 g/mol. The van der Waals surface area contributed by atoms with Crippen molar-refractivity contribution in [2.75, 3.05) is 30.4 Å². The van der Waals surface area contributed by atoms with Crippen molar-refractivity contribution in [3.63, 3.8) is 0 Å². The quantitative estimate of drug-likeness (QED) is 0.386. The second-order valence-corrected chi connectivity index (χ2v) is 8.64. The summed E-state index contributed by atoms with van der Waals surface area (Å²) in [6.45, 7) is 1.61. The molecule has 4 N–H and O–H groups in total. The van der Waals surface area contributed by atoms with Crippen LogP contribution in [0, 0.1) is 17.7 Å². The third-order valence-electron chi connectivity index (χ3n) is 6.75. The van der Waals surface area contributed by atoms with Gasteiger partial charge in [-0.25, -0.2) is 13.9 Å². The molecule has 166 valence electrons. The number of H-pyrrole nitrogens is 1. The minimum atomic E-state index is -0.330. The van der Waals surface area contributed by atoms with Crippen molar-refractivity contribution < 1.29 is 9.13 Å². The number of benzene rings is 1. The molecule has 0 bridgehead atoms. The second kappa shape index (κ2) is 6.51. The van der Waals surface area contributed by atoms with Gasteiger partial charge in [0.1, 0.15) is 17.3 Å². The number of nitrogens with zero attached hydrogens (tertiary/aromatic N) is 6. The van der Waals surface area contributed by atoms with E-state index in [2.05, 4.69) is 30.3 Å². The van der Waals surface area contributed by atoms with Crippen LogP contribution < -0.4 is 20.7 Å². The van der Waals surface area contributed by atoms with Crippen LogP contribution in [0.25, 0.3) is 27.6 Å². The Morgan fingerprint density at radius 2 is 2.09 bits per heavy atom. The Labute approximate surface area is 186 Å². The molecule has 7 rings (SSSR count). The minimum absolute atomic E-state index is 0.175. The van der Waals surface area contributed by atoms with Gasteiger partial charge >= 0.3 is 6.01 Å². The molecule has 1 aliphatic carbocycles. The molecule has 0 spiro atoms. The molecule has 11 heteroatoms. The lowest BCUT2D eigenvalue weighted by molar-refractivity contribution is 0.438. The summed E-state index contributed by atoms with van der Waals surface area (Å²) in [5, 5.41) is 8.73. The van der Waals surface area contributed by atoms with Gasteiger partial charge in [0.2, 0.25) is 0 Å². The van der Waals surface area contributed by atoms with E-state index in [0.29, 0.717) is 40.4 Å². The molecule has 0 radical (unpaired) electrons. The van der Waals surface area contributed by atoms with Crippen molar-refractivity contribution in [3.05, 3.63) is 42.6 Å². The SMILES string of the molecule is CNc1cc(F)cc2c1[nH]c1nc(Oc3cnc4ccnn4c3)nc(N3C[C@@H]4[C@H](N)[C@@H]4C3)c12. The van der Waals surface area contributed by atoms with E-state index in [1.807, 2.05) is 0 Å². The third-order valence-corrected chi connectivity index (χ3v) is 6.75. The summed E-state index contributed by atoms with van der Waals surface area (Å²) in [5.41, 5.74) is 8.86. The maximum atomic E-state index is 14.4. The van der Waals surface area contributed by atoms with Gasteiger partial charge in [-0.3, -0.25) is 0 Å². The highest BCUT2D eigenvalue weighted by Crippen LogP contribution is 2.47. The van der Waals surface area contributed by atoms with Gasteiger partial charge in [0.25, 0.3) is 0 Å². The van der Waals surface area contributed by atoms with E-state index in [0.717, 1.165) is 29.4 Å². The van der Waals surface area contributed by atoms with Gasteiger partial charge in [-0.05, 0) is 24.0 Å². The van der Waals surface area contributed by atoms with Gasteiger partial charge < -0.3 is 25.7 Å². The number of aromatic amines is 1. The smallest absolute Gasteiger partial charge is 0.326 e. The fourth-order valence-corrected chi connectivity index (χ4v) is 4.99. The number of anilines is 2. The number of nitrogens with two attached hydrogens (primary N) is 1. The largest absolute Gasteiger partial charge is 0.421 e. The van der Waals surface area contributed by atoms with Crippen molar-refractivity contribution in [2.45, 2.75) is 6.04 Å². The Bertz CT molecular complexity index is 1550. The van der Waals surface area contributed by atoms with E-state index in [1.54, 1.807) is 36.2 Å². The number of ether oxygens (including phenoxy) is 1. The van der Waals surface area contributed by atoms with Gasteiger partial charge in [0.15, 0.2) is 11.4 Å². The van der Waals surface area contributed by atoms with Gasteiger partial charge in [-0.2, -0.15) is 15.1 Å². The number of aromatic nitrogens is 6. The Kier molecular flexibility index (Phi) is 3.67. The number of halogens is 1. The average molecular weight is 445 g/mol. The predicted octanol–water partition coefficient (Wildman–Crippen LogP) is 2.52. The highest BCUT2D eigenvalue weighted by Gasteiger charge is 2.54. The number of rotatable bonds is 4. The molecule has 5 aromatic rings. The van der Waals surface area contributed by atoms with Crippen LogP contribution in [0.4, 0.5) is 15.9 Å². The first-order valence-corrected chi connectivity index (χ1v) is 10.8. The molecule has 10 nitrogen and oxygen atoms in total. The van der Waals surface area contributed by atoms with Gasteiger partial charge in [0.05, 0.1) is 35.2 Å². The van der Waals surface area contributed by atoms with Crippen molar-refractivity contribution >= 4 is 39.1 Å². The summed E-state index contributed by atoms with van der Waals surface area (Å²) >= 11 is 0. The zero-order chi connectivity index (χ0) is 22.3. The van der Waals surface area contributed by atoms with Crippen molar-refractivity contribution in [2.24, 2.45) is 17.6 Å². The predicted molar refractivity (Wildman–Crippen MR) is 121 cm³/mol. The zero-order valence-corrected chi connectivity index (χ0v) is 17.7. The van der Waals surface area contributed by atoms with E-state index in [4.69, 9.17) is 15.5 Å². The van der Waals surface area contributed by atoms with Crippen molar-refractivity contribution in [1.82, 2.24) is 29.5 Å². The molecule has 0 unspecified atom stereocenters. The highest BCUT2D eigenvalue weighted by molar-refractivity contribution is 6.14. The lowest BCUT2D eigenvalue weighted by Crippen LogP contribution is -2.29. The summed E-state index contributed by atoms with van der Waals surface area (Å²) < 4.78 is 22.0. The lowest BCUT2D eigenvalue weighted by Gasteiger charge is -2.21. The third kappa shape index (κ3) is 2.75. The summed E-state index contributed by atoms with van der Waals surface area (Å²) in [5.74, 6) is 1.76. The molecular formula is C22H20FN9O. The lowest BCUT2D eigenvalue weighted by atomic mass is 10.1. The van der Waals surface area contributed by atoms with Gasteiger partial charge in [-0.15, -0.1) is 0 Å². The van der Waals surface area contributed by atoms with E-state index < -0.39 is 0 Å². The maximum absolute atomic E-state index is 14.4. The van der Waals surface area contributed by atoms with E-state index in [-0.39, 0.29) is 17.9 Å². The van der Waals surface area contributed by atoms with Crippen LogP contribution >= 0.6 is 0 Å². The fourth-order valence-electron chi connectivity index (χ4n) is 4.99. The summed E-state index contributed by atoms with van der Waals surface area (Å²) in [6, 6.07) is 5.19. The molecule has 2 fully saturated rings. The Balaban J connectivity index is 1.40. The van der Waals surface area contributed by atoms with Crippen molar-refractivity contribution in [3.8, 4) is 11.8 Å². The maximum Gasteiger partial charge on any atom is 0.326 e. The number of hydrogen-bond acceptors (Lipinski definition) is 8. The van der Waals surface area contributed by atoms with Crippen LogP contribution in [0.1, 0.15) is 0 Å². The first kappa shape index (κ1) is 18.6. The molecule has 1 saturated carbocycles. The summed E-state index contributed by atoms with van der Waals surface area (Å²) in [6.07, 6.45) is 4.99. The monoisotopic (exact) mass is 445 g/mol. The van der Waals surface area contributed by atoms with Gasteiger partial charge in [-0.1, -0.05) is 0 Å². The normalized spacial score (nSPS) is 21.8. The molecule has 1 aromatic carbocycles. The second-order valence-electron chi connectivity index (χ2n) is 8.64. The topological polar surface area (TPSA) is 122 Å². The number of nitrogens with one attached hydrogen (secondary N) is 2. The number of hydrogen-bond donors (Lipinski definition) is 3. The molecule has 5 heterocycles. The van der Waals surface area contributed by atoms with E-state index in [9.17, 15) is 4.39 Å².